The van der Waals surface area contributed by atoms with Crippen molar-refractivity contribution < 1.29 is 5.11 Å². The van der Waals surface area contributed by atoms with Crippen LogP contribution in [0.1, 0.15) is 0 Å². The van der Waals surface area contributed by atoms with Gasteiger partial charge in [0.25, 0.3) is 0 Å². The minimum absolute atomic E-state index is 0.323. The fraction of sp³-hybridized carbons (Fsp3) is 0. The van der Waals surface area contributed by atoms with E-state index in [1.807, 2.05) is 48.5 Å². The molecule has 0 aliphatic carbocycles. The van der Waals surface area contributed by atoms with Crippen molar-refractivity contribution in [2.75, 3.05) is 0 Å². The number of benzene rings is 4. The molecule has 0 aliphatic rings. The van der Waals surface area contributed by atoms with E-state index in [2.05, 4.69) is 24.3 Å². The Morgan fingerprint density at radius 1 is 0.571 bits per heavy atom. The number of hydrogen-bond donors (Lipinski definition) is 1. The molecule has 1 N–H and O–H groups in total. The quantitative estimate of drug-likeness (QED) is 0.461. The highest BCUT2D eigenvalue weighted by Crippen LogP contribution is 2.37. The van der Waals surface area contributed by atoms with Gasteiger partial charge < -0.3 is 5.11 Å². The van der Waals surface area contributed by atoms with Crippen molar-refractivity contribution in [1.82, 2.24) is 0 Å². The van der Waals surface area contributed by atoms with Crippen LogP contribution in [0.5, 0.6) is 5.75 Å². The zero-order valence-electron chi connectivity index (χ0n) is 11.5. The Bertz CT molecular complexity index is 940. The maximum Gasteiger partial charge on any atom is 0.124 e. The number of fused-ring (bicyclic) bond motifs is 2. The lowest BCUT2D eigenvalue weighted by molar-refractivity contribution is 0.478. The summed E-state index contributed by atoms with van der Waals surface area (Å²) < 4.78 is 0. The number of hydrogen-bond acceptors (Lipinski definition) is 1. The van der Waals surface area contributed by atoms with Crippen molar-refractivity contribution in [3.63, 3.8) is 0 Å². The number of phenols is 1. The second kappa shape index (κ2) is 4.64. The summed E-state index contributed by atoms with van der Waals surface area (Å²) in [7, 11) is 0. The van der Waals surface area contributed by atoms with Crippen LogP contribution in [0.3, 0.4) is 0 Å². The molecule has 0 fully saturated rings. The third-order valence-electron chi connectivity index (χ3n) is 3.93. The summed E-state index contributed by atoms with van der Waals surface area (Å²) in [5.41, 5.74) is 1.94. The van der Waals surface area contributed by atoms with E-state index >= 15 is 0 Å². The average molecular weight is 270 g/mol. The van der Waals surface area contributed by atoms with Gasteiger partial charge in [-0.15, -0.1) is 0 Å². The Hall–Kier alpha value is -2.80. The van der Waals surface area contributed by atoms with Gasteiger partial charge in [-0.2, -0.15) is 0 Å². The van der Waals surface area contributed by atoms with Crippen LogP contribution in [0.2, 0.25) is 0 Å². The van der Waals surface area contributed by atoms with E-state index in [4.69, 9.17) is 0 Å². The molecule has 0 aliphatic heterocycles. The summed E-state index contributed by atoms with van der Waals surface area (Å²) in [6.07, 6.45) is 0. The predicted molar refractivity (Wildman–Crippen MR) is 88.6 cm³/mol. The summed E-state index contributed by atoms with van der Waals surface area (Å²) in [4.78, 5) is 0. The predicted octanol–water partition coefficient (Wildman–Crippen LogP) is 5.37. The highest BCUT2D eigenvalue weighted by atomic mass is 16.3. The summed E-state index contributed by atoms with van der Waals surface area (Å²) >= 11 is 0. The first kappa shape index (κ1) is 12.0. The van der Waals surface area contributed by atoms with Crippen LogP contribution in [-0.4, -0.2) is 5.11 Å². The normalized spacial score (nSPS) is 11.0. The largest absolute Gasteiger partial charge is 0.507 e. The molecule has 21 heavy (non-hydrogen) atoms. The topological polar surface area (TPSA) is 20.2 Å². The minimum atomic E-state index is 0.323. The van der Waals surface area contributed by atoms with E-state index in [-0.39, 0.29) is 0 Å². The van der Waals surface area contributed by atoms with Gasteiger partial charge in [0, 0.05) is 5.56 Å². The van der Waals surface area contributed by atoms with Crippen molar-refractivity contribution in [2.24, 2.45) is 0 Å². The van der Waals surface area contributed by atoms with Gasteiger partial charge in [0.05, 0.1) is 0 Å². The van der Waals surface area contributed by atoms with Crippen LogP contribution in [0.4, 0.5) is 0 Å². The molecule has 4 aromatic rings. The first-order valence-corrected chi connectivity index (χ1v) is 7.03. The maximum absolute atomic E-state index is 10.3. The lowest BCUT2D eigenvalue weighted by Crippen LogP contribution is -1.84. The molecule has 0 radical (unpaired) electrons. The van der Waals surface area contributed by atoms with E-state index in [9.17, 15) is 5.11 Å². The van der Waals surface area contributed by atoms with Gasteiger partial charge in [-0.3, -0.25) is 0 Å². The zero-order chi connectivity index (χ0) is 14.2. The number of phenolic OH excluding ortho intramolecular Hbond substituents is 1. The molecule has 0 saturated carbocycles. The van der Waals surface area contributed by atoms with E-state index in [1.165, 1.54) is 10.8 Å². The number of rotatable bonds is 1. The first-order chi connectivity index (χ1) is 10.3. The van der Waals surface area contributed by atoms with E-state index < -0.39 is 0 Å². The zero-order valence-corrected chi connectivity index (χ0v) is 11.5. The molecule has 4 rings (SSSR count). The number of aromatic hydroxyl groups is 1. The Morgan fingerprint density at radius 2 is 1.24 bits per heavy atom. The van der Waals surface area contributed by atoms with Gasteiger partial charge in [-0.25, -0.2) is 0 Å². The first-order valence-electron chi connectivity index (χ1n) is 7.03. The fourth-order valence-electron chi connectivity index (χ4n) is 2.91. The fourth-order valence-corrected chi connectivity index (χ4v) is 2.91. The minimum Gasteiger partial charge on any atom is -0.507 e. The lowest BCUT2D eigenvalue weighted by Gasteiger charge is -2.11. The standard InChI is InChI=1S/C20H14O/c21-19-11-10-17-12-15-8-4-5-9-16(15)13-18(17)20(19)14-6-2-1-3-7-14/h1-13,21H. The van der Waals surface area contributed by atoms with Gasteiger partial charge in [-0.05, 0) is 45.3 Å². The summed E-state index contributed by atoms with van der Waals surface area (Å²) in [5, 5.41) is 15.0. The lowest BCUT2D eigenvalue weighted by atomic mass is 9.95. The van der Waals surface area contributed by atoms with Crippen LogP contribution in [0.15, 0.2) is 78.9 Å². The average Bonchev–Trinajstić information content (AvgIpc) is 2.54. The van der Waals surface area contributed by atoms with Crippen LogP contribution in [-0.2, 0) is 0 Å². The van der Waals surface area contributed by atoms with Crippen LogP contribution >= 0.6 is 0 Å². The molecule has 1 nitrogen and oxygen atoms in total. The highest BCUT2D eigenvalue weighted by molar-refractivity contribution is 6.06. The second-order valence-corrected chi connectivity index (χ2v) is 5.25. The van der Waals surface area contributed by atoms with Crippen LogP contribution < -0.4 is 0 Å². The molecule has 0 atom stereocenters. The molecular formula is C20H14O. The summed E-state index contributed by atoms with van der Waals surface area (Å²) in [6.45, 7) is 0. The van der Waals surface area contributed by atoms with E-state index in [0.29, 0.717) is 5.75 Å². The SMILES string of the molecule is Oc1ccc2cc3ccccc3cc2c1-c1ccccc1. The van der Waals surface area contributed by atoms with Crippen LogP contribution in [0, 0.1) is 0 Å². The third-order valence-corrected chi connectivity index (χ3v) is 3.93. The molecule has 0 unspecified atom stereocenters. The Kier molecular flexibility index (Phi) is 2.65. The van der Waals surface area contributed by atoms with Gasteiger partial charge in [-0.1, -0.05) is 60.7 Å². The third kappa shape index (κ3) is 1.95. The smallest absolute Gasteiger partial charge is 0.124 e. The Morgan fingerprint density at radius 3 is 2.00 bits per heavy atom. The van der Waals surface area contributed by atoms with Crippen molar-refractivity contribution in [2.45, 2.75) is 0 Å². The van der Waals surface area contributed by atoms with Crippen molar-refractivity contribution in [3.05, 3.63) is 78.9 Å². The van der Waals surface area contributed by atoms with Gasteiger partial charge in [0.15, 0.2) is 0 Å². The Balaban J connectivity index is 2.14. The van der Waals surface area contributed by atoms with Gasteiger partial charge in [0.1, 0.15) is 5.75 Å². The van der Waals surface area contributed by atoms with E-state index in [0.717, 1.165) is 21.9 Å². The second-order valence-electron chi connectivity index (χ2n) is 5.25. The molecular weight excluding hydrogens is 256 g/mol. The molecule has 1 heteroatoms. The maximum atomic E-state index is 10.3. The highest BCUT2D eigenvalue weighted by Gasteiger charge is 2.10. The van der Waals surface area contributed by atoms with Gasteiger partial charge in [0.2, 0.25) is 0 Å². The van der Waals surface area contributed by atoms with Crippen molar-refractivity contribution in [1.29, 1.82) is 0 Å². The Labute approximate surface area is 123 Å². The van der Waals surface area contributed by atoms with Crippen molar-refractivity contribution in [3.8, 4) is 16.9 Å². The van der Waals surface area contributed by atoms with Crippen molar-refractivity contribution >= 4 is 21.5 Å². The van der Waals surface area contributed by atoms with Gasteiger partial charge >= 0.3 is 0 Å². The summed E-state index contributed by atoms with van der Waals surface area (Å²) in [6, 6.07) is 26.4. The monoisotopic (exact) mass is 270 g/mol. The molecule has 0 heterocycles. The molecule has 100 valence electrons. The van der Waals surface area contributed by atoms with E-state index in [1.54, 1.807) is 6.07 Å². The van der Waals surface area contributed by atoms with Crippen LogP contribution in [0.25, 0.3) is 32.7 Å². The molecule has 0 aromatic heterocycles. The molecule has 0 spiro atoms. The molecule has 0 amide bonds. The summed E-state index contributed by atoms with van der Waals surface area (Å²) in [5.74, 6) is 0.323. The molecule has 4 aromatic carbocycles. The molecule has 0 saturated heterocycles. The molecule has 0 bridgehead atoms.